The molecule has 1 aliphatic carbocycles. The van der Waals surface area contributed by atoms with Gasteiger partial charge in [0.05, 0.1) is 5.56 Å². The van der Waals surface area contributed by atoms with Gasteiger partial charge < -0.3 is 5.32 Å². The third-order valence-corrected chi connectivity index (χ3v) is 4.11. The second-order valence-electron chi connectivity index (χ2n) is 5.44. The van der Waals surface area contributed by atoms with Crippen LogP contribution in [0.3, 0.4) is 0 Å². The van der Waals surface area contributed by atoms with Gasteiger partial charge in [-0.3, -0.25) is 0 Å². The van der Waals surface area contributed by atoms with Crippen molar-refractivity contribution in [1.82, 2.24) is 5.32 Å². The summed E-state index contributed by atoms with van der Waals surface area (Å²) < 4.78 is 37.9. The summed E-state index contributed by atoms with van der Waals surface area (Å²) in [5.74, 6) is 0.721. The first-order valence-corrected chi connectivity index (χ1v) is 6.77. The standard InChI is InChI=1S/C15H20F3N/c1-10-8-12(15(16,17)18)6-7-13(10)14(19-2)9-11-4-3-5-11/h6-8,11,14,19H,3-5,9H2,1-2H3. The zero-order valence-corrected chi connectivity index (χ0v) is 11.3. The summed E-state index contributed by atoms with van der Waals surface area (Å²) in [5, 5.41) is 3.24. The molecule has 1 aromatic rings. The lowest BCUT2D eigenvalue weighted by molar-refractivity contribution is -0.137. The van der Waals surface area contributed by atoms with Gasteiger partial charge in [0.1, 0.15) is 0 Å². The molecular weight excluding hydrogens is 251 g/mol. The van der Waals surface area contributed by atoms with Crippen molar-refractivity contribution >= 4 is 0 Å². The predicted octanol–water partition coefficient (Wildman–Crippen LogP) is 4.46. The van der Waals surface area contributed by atoms with Crippen LogP contribution in [-0.4, -0.2) is 7.05 Å². The van der Waals surface area contributed by atoms with Gasteiger partial charge in [-0.25, -0.2) is 0 Å². The van der Waals surface area contributed by atoms with Crippen LogP contribution in [-0.2, 0) is 6.18 Å². The van der Waals surface area contributed by atoms with E-state index in [0.29, 0.717) is 5.56 Å². The molecule has 0 saturated heterocycles. The SMILES string of the molecule is CNC(CC1CCC1)c1ccc(C(F)(F)F)cc1C. The maximum absolute atomic E-state index is 12.6. The Kier molecular flexibility index (Phi) is 4.19. The maximum atomic E-state index is 12.6. The fourth-order valence-corrected chi connectivity index (χ4v) is 2.71. The average Bonchev–Trinajstić information content (AvgIpc) is 2.28. The van der Waals surface area contributed by atoms with Crippen molar-refractivity contribution in [3.05, 3.63) is 34.9 Å². The molecule has 1 aromatic carbocycles. The van der Waals surface area contributed by atoms with E-state index in [4.69, 9.17) is 0 Å². The van der Waals surface area contributed by atoms with E-state index in [1.165, 1.54) is 31.4 Å². The Morgan fingerprint density at radius 2 is 2.00 bits per heavy atom. The molecule has 1 nitrogen and oxygen atoms in total. The van der Waals surface area contributed by atoms with Crippen LogP contribution in [0.15, 0.2) is 18.2 Å². The number of hydrogen-bond acceptors (Lipinski definition) is 1. The van der Waals surface area contributed by atoms with Gasteiger partial charge in [0.15, 0.2) is 0 Å². The Hall–Kier alpha value is -1.03. The first kappa shape index (κ1) is 14.4. The van der Waals surface area contributed by atoms with Crippen molar-refractivity contribution in [3.8, 4) is 0 Å². The number of halogens is 3. The molecule has 0 bridgehead atoms. The molecule has 0 amide bonds. The Morgan fingerprint density at radius 3 is 2.42 bits per heavy atom. The molecule has 1 saturated carbocycles. The second kappa shape index (κ2) is 5.53. The summed E-state index contributed by atoms with van der Waals surface area (Å²) in [6, 6.07) is 4.22. The fraction of sp³-hybridized carbons (Fsp3) is 0.600. The first-order chi connectivity index (χ1) is 8.91. The molecule has 1 unspecified atom stereocenters. The van der Waals surface area contributed by atoms with Crippen LogP contribution in [0.4, 0.5) is 13.2 Å². The summed E-state index contributed by atoms with van der Waals surface area (Å²) in [4.78, 5) is 0. The van der Waals surface area contributed by atoms with E-state index in [1.807, 2.05) is 7.05 Å². The molecule has 0 aliphatic heterocycles. The molecule has 4 heteroatoms. The van der Waals surface area contributed by atoms with Crippen molar-refractivity contribution in [2.45, 2.75) is 44.8 Å². The first-order valence-electron chi connectivity index (χ1n) is 6.77. The third kappa shape index (κ3) is 3.30. The van der Waals surface area contributed by atoms with E-state index in [0.717, 1.165) is 17.9 Å². The summed E-state index contributed by atoms with van der Waals surface area (Å²) in [7, 11) is 1.88. The Morgan fingerprint density at radius 1 is 1.32 bits per heavy atom. The highest BCUT2D eigenvalue weighted by Crippen LogP contribution is 2.37. The summed E-state index contributed by atoms with van der Waals surface area (Å²) in [5.41, 5.74) is 1.14. The van der Waals surface area contributed by atoms with E-state index < -0.39 is 11.7 Å². The number of alkyl halides is 3. The lowest BCUT2D eigenvalue weighted by Crippen LogP contribution is -2.24. The lowest BCUT2D eigenvalue weighted by atomic mass is 9.79. The van der Waals surface area contributed by atoms with Crippen LogP contribution in [0.1, 0.15) is 48.4 Å². The molecule has 0 aromatic heterocycles. The van der Waals surface area contributed by atoms with Crippen molar-refractivity contribution in [1.29, 1.82) is 0 Å². The Bertz CT molecular complexity index is 436. The quantitative estimate of drug-likeness (QED) is 0.852. The highest BCUT2D eigenvalue weighted by molar-refractivity contribution is 5.34. The minimum Gasteiger partial charge on any atom is -0.313 e. The van der Waals surface area contributed by atoms with Gasteiger partial charge in [0, 0.05) is 6.04 Å². The van der Waals surface area contributed by atoms with Crippen molar-refractivity contribution in [2.24, 2.45) is 5.92 Å². The number of benzene rings is 1. The summed E-state index contributed by atoms with van der Waals surface area (Å²) in [6.07, 6.45) is 0.540. The van der Waals surface area contributed by atoms with E-state index in [9.17, 15) is 13.2 Å². The van der Waals surface area contributed by atoms with E-state index >= 15 is 0 Å². The highest BCUT2D eigenvalue weighted by atomic mass is 19.4. The van der Waals surface area contributed by atoms with Gasteiger partial charge in [-0.1, -0.05) is 25.3 Å². The number of hydrogen-bond donors (Lipinski definition) is 1. The van der Waals surface area contributed by atoms with Crippen LogP contribution in [0, 0.1) is 12.8 Å². The minimum atomic E-state index is -4.26. The lowest BCUT2D eigenvalue weighted by Gasteiger charge is -2.30. The Balaban J connectivity index is 2.18. The van der Waals surface area contributed by atoms with Crippen LogP contribution in [0.2, 0.25) is 0 Å². The monoisotopic (exact) mass is 271 g/mol. The molecule has 19 heavy (non-hydrogen) atoms. The predicted molar refractivity (Wildman–Crippen MR) is 69.9 cm³/mol. The number of nitrogens with one attached hydrogen (secondary N) is 1. The van der Waals surface area contributed by atoms with E-state index in [1.54, 1.807) is 13.0 Å². The maximum Gasteiger partial charge on any atom is 0.416 e. The van der Waals surface area contributed by atoms with Crippen molar-refractivity contribution in [3.63, 3.8) is 0 Å². The van der Waals surface area contributed by atoms with Crippen LogP contribution < -0.4 is 5.32 Å². The molecule has 106 valence electrons. The molecule has 1 N–H and O–H groups in total. The summed E-state index contributed by atoms with van der Waals surface area (Å²) >= 11 is 0. The second-order valence-corrected chi connectivity index (χ2v) is 5.44. The van der Waals surface area contributed by atoms with Gasteiger partial charge in [0.2, 0.25) is 0 Å². The Labute approximate surface area is 112 Å². The molecule has 0 spiro atoms. The molecule has 1 atom stereocenters. The molecule has 0 heterocycles. The van der Waals surface area contributed by atoms with Crippen LogP contribution in [0.25, 0.3) is 0 Å². The smallest absolute Gasteiger partial charge is 0.313 e. The zero-order valence-electron chi connectivity index (χ0n) is 11.3. The summed E-state index contributed by atoms with van der Waals surface area (Å²) in [6.45, 7) is 1.76. The highest BCUT2D eigenvalue weighted by Gasteiger charge is 2.31. The van der Waals surface area contributed by atoms with Crippen LogP contribution in [0.5, 0.6) is 0 Å². The molecule has 2 rings (SSSR count). The number of rotatable bonds is 4. The average molecular weight is 271 g/mol. The zero-order chi connectivity index (χ0) is 14.0. The van der Waals surface area contributed by atoms with Crippen LogP contribution >= 0.6 is 0 Å². The van der Waals surface area contributed by atoms with Gasteiger partial charge in [-0.15, -0.1) is 0 Å². The topological polar surface area (TPSA) is 12.0 Å². The van der Waals surface area contributed by atoms with Crippen molar-refractivity contribution < 1.29 is 13.2 Å². The van der Waals surface area contributed by atoms with E-state index in [-0.39, 0.29) is 6.04 Å². The normalized spacial score (nSPS) is 18.2. The molecule has 0 radical (unpaired) electrons. The number of aryl methyl sites for hydroxylation is 1. The largest absolute Gasteiger partial charge is 0.416 e. The van der Waals surface area contributed by atoms with E-state index in [2.05, 4.69) is 5.32 Å². The fourth-order valence-electron chi connectivity index (χ4n) is 2.71. The molecular formula is C15H20F3N. The van der Waals surface area contributed by atoms with Gasteiger partial charge >= 0.3 is 6.18 Å². The van der Waals surface area contributed by atoms with Crippen molar-refractivity contribution in [2.75, 3.05) is 7.05 Å². The third-order valence-electron chi connectivity index (χ3n) is 4.11. The molecule has 1 fully saturated rings. The molecule has 1 aliphatic rings. The minimum absolute atomic E-state index is 0.160. The van der Waals surface area contributed by atoms with Gasteiger partial charge in [-0.2, -0.15) is 13.2 Å². The van der Waals surface area contributed by atoms with Gasteiger partial charge in [0.25, 0.3) is 0 Å². The van der Waals surface area contributed by atoms with Gasteiger partial charge in [-0.05, 0) is 49.6 Å².